The van der Waals surface area contributed by atoms with Gasteiger partial charge in [0.25, 0.3) is 0 Å². The van der Waals surface area contributed by atoms with Crippen LogP contribution in [-0.4, -0.2) is 16.7 Å². The van der Waals surface area contributed by atoms with Crippen LogP contribution in [0, 0.1) is 13.8 Å². The first-order chi connectivity index (χ1) is 8.70. The molecule has 1 N–H and O–H groups in total. The summed E-state index contributed by atoms with van der Waals surface area (Å²) in [5.74, 6) is 0.837. The fourth-order valence-corrected chi connectivity index (χ4v) is 1.73. The van der Waals surface area contributed by atoms with Crippen molar-refractivity contribution < 1.29 is 0 Å². The molecule has 94 valence electrons. The van der Waals surface area contributed by atoms with Crippen molar-refractivity contribution in [3.8, 4) is 11.3 Å². The molecule has 0 aliphatic rings. The highest BCUT2D eigenvalue weighted by Crippen LogP contribution is 2.20. The van der Waals surface area contributed by atoms with Crippen LogP contribution in [0.25, 0.3) is 11.3 Å². The Labute approximate surface area is 108 Å². The maximum absolute atomic E-state index is 4.26. The third kappa shape index (κ3) is 2.86. The van der Waals surface area contributed by atoms with Crippen molar-refractivity contribution in [1.82, 2.24) is 10.2 Å². The molecule has 0 radical (unpaired) electrons. The van der Waals surface area contributed by atoms with E-state index in [1.807, 2.05) is 12.1 Å². The molecule has 2 rings (SSSR count). The molecule has 0 bridgehead atoms. The normalized spacial score (nSPS) is 10.4. The minimum Gasteiger partial charge on any atom is -0.369 e. The molecule has 0 unspecified atom stereocenters. The Morgan fingerprint density at radius 1 is 1.00 bits per heavy atom. The Morgan fingerprint density at radius 2 is 1.83 bits per heavy atom. The van der Waals surface area contributed by atoms with Crippen LogP contribution in [0.5, 0.6) is 0 Å². The fraction of sp³-hybridized carbons (Fsp3) is 0.333. The maximum atomic E-state index is 4.26. The minimum absolute atomic E-state index is 0.837. The van der Waals surface area contributed by atoms with Gasteiger partial charge < -0.3 is 5.32 Å². The highest BCUT2D eigenvalue weighted by molar-refractivity contribution is 5.61. The molecule has 3 heteroatoms. The van der Waals surface area contributed by atoms with Crippen molar-refractivity contribution >= 4 is 5.82 Å². The van der Waals surface area contributed by atoms with E-state index in [1.165, 1.54) is 11.1 Å². The quantitative estimate of drug-likeness (QED) is 0.889. The first-order valence-corrected chi connectivity index (χ1v) is 6.36. The smallest absolute Gasteiger partial charge is 0.148 e. The lowest BCUT2D eigenvalue weighted by Crippen LogP contribution is -2.02. The molecule has 1 aromatic carbocycles. The van der Waals surface area contributed by atoms with Crippen molar-refractivity contribution in [3.05, 3.63) is 41.5 Å². The SMILES string of the molecule is CCCNc1ccc(-c2ccc(C)c(C)c2)nn1. The molecule has 0 aliphatic carbocycles. The monoisotopic (exact) mass is 241 g/mol. The number of benzene rings is 1. The molecule has 0 atom stereocenters. The third-order valence-corrected chi connectivity index (χ3v) is 3.02. The number of nitrogens with zero attached hydrogens (tertiary/aromatic N) is 2. The molecule has 0 saturated heterocycles. The van der Waals surface area contributed by atoms with Crippen LogP contribution in [0.2, 0.25) is 0 Å². The predicted octanol–water partition coefficient (Wildman–Crippen LogP) is 3.58. The van der Waals surface area contributed by atoms with Crippen LogP contribution in [0.3, 0.4) is 0 Å². The van der Waals surface area contributed by atoms with Gasteiger partial charge in [-0.3, -0.25) is 0 Å². The summed E-state index contributed by atoms with van der Waals surface area (Å²) >= 11 is 0. The number of hydrogen-bond donors (Lipinski definition) is 1. The van der Waals surface area contributed by atoms with Gasteiger partial charge in [0.2, 0.25) is 0 Å². The number of aryl methyl sites for hydroxylation is 2. The molecular weight excluding hydrogens is 222 g/mol. The van der Waals surface area contributed by atoms with E-state index in [0.29, 0.717) is 0 Å². The largest absolute Gasteiger partial charge is 0.369 e. The average Bonchev–Trinajstić information content (AvgIpc) is 2.40. The zero-order valence-corrected chi connectivity index (χ0v) is 11.2. The highest BCUT2D eigenvalue weighted by atomic mass is 15.2. The first-order valence-electron chi connectivity index (χ1n) is 6.36. The molecule has 1 aromatic heterocycles. The molecular formula is C15H19N3. The lowest BCUT2D eigenvalue weighted by Gasteiger charge is -2.06. The number of anilines is 1. The standard InChI is InChI=1S/C15H19N3/c1-4-9-16-15-8-7-14(17-18-15)13-6-5-11(2)12(3)10-13/h5-8,10H,4,9H2,1-3H3,(H,16,18). The van der Waals surface area contributed by atoms with Gasteiger partial charge in [0.15, 0.2) is 0 Å². The maximum Gasteiger partial charge on any atom is 0.148 e. The van der Waals surface area contributed by atoms with Crippen LogP contribution < -0.4 is 5.32 Å². The molecule has 0 aliphatic heterocycles. The van der Waals surface area contributed by atoms with Gasteiger partial charge in [-0.15, -0.1) is 10.2 Å². The highest BCUT2D eigenvalue weighted by Gasteiger charge is 2.02. The van der Waals surface area contributed by atoms with E-state index in [2.05, 4.69) is 54.5 Å². The lowest BCUT2D eigenvalue weighted by molar-refractivity contribution is 0.945. The summed E-state index contributed by atoms with van der Waals surface area (Å²) in [6.45, 7) is 7.29. The van der Waals surface area contributed by atoms with E-state index in [4.69, 9.17) is 0 Å². The van der Waals surface area contributed by atoms with Crippen molar-refractivity contribution in [3.63, 3.8) is 0 Å². The van der Waals surface area contributed by atoms with E-state index in [0.717, 1.165) is 30.0 Å². The summed E-state index contributed by atoms with van der Waals surface area (Å²) in [5.41, 5.74) is 4.61. The summed E-state index contributed by atoms with van der Waals surface area (Å²) < 4.78 is 0. The Morgan fingerprint density at radius 3 is 2.44 bits per heavy atom. The Kier molecular flexibility index (Phi) is 3.92. The van der Waals surface area contributed by atoms with Gasteiger partial charge in [0.05, 0.1) is 5.69 Å². The van der Waals surface area contributed by atoms with Crippen LogP contribution in [0.1, 0.15) is 24.5 Å². The van der Waals surface area contributed by atoms with Gasteiger partial charge in [0, 0.05) is 12.1 Å². The van der Waals surface area contributed by atoms with Crippen molar-refractivity contribution in [2.45, 2.75) is 27.2 Å². The molecule has 0 fully saturated rings. The van der Waals surface area contributed by atoms with Crippen LogP contribution in [0.4, 0.5) is 5.82 Å². The number of nitrogens with one attached hydrogen (secondary N) is 1. The lowest BCUT2D eigenvalue weighted by atomic mass is 10.0. The second-order valence-corrected chi connectivity index (χ2v) is 4.53. The number of aromatic nitrogens is 2. The van der Waals surface area contributed by atoms with Gasteiger partial charge in [0.1, 0.15) is 5.82 Å². The van der Waals surface area contributed by atoms with E-state index >= 15 is 0 Å². The molecule has 18 heavy (non-hydrogen) atoms. The summed E-state index contributed by atoms with van der Waals surface area (Å²) in [7, 11) is 0. The summed E-state index contributed by atoms with van der Waals surface area (Å²) in [4.78, 5) is 0. The molecule has 3 nitrogen and oxygen atoms in total. The van der Waals surface area contributed by atoms with Crippen molar-refractivity contribution in [1.29, 1.82) is 0 Å². The second-order valence-electron chi connectivity index (χ2n) is 4.53. The first kappa shape index (κ1) is 12.6. The summed E-state index contributed by atoms with van der Waals surface area (Å²) in [6.07, 6.45) is 1.08. The summed E-state index contributed by atoms with van der Waals surface area (Å²) in [6, 6.07) is 10.3. The second kappa shape index (κ2) is 5.63. The third-order valence-electron chi connectivity index (χ3n) is 3.02. The zero-order chi connectivity index (χ0) is 13.0. The van der Waals surface area contributed by atoms with Gasteiger partial charge in [-0.2, -0.15) is 0 Å². The van der Waals surface area contributed by atoms with E-state index in [9.17, 15) is 0 Å². The van der Waals surface area contributed by atoms with E-state index in [1.54, 1.807) is 0 Å². The zero-order valence-electron chi connectivity index (χ0n) is 11.2. The van der Waals surface area contributed by atoms with Gasteiger partial charge >= 0.3 is 0 Å². The van der Waals surface area contributed by atoms with E-state index < -0.39 is 0 Å². The predicted molar refractivity (Wildman–Crippen MR) is 75.7 cm³/mol. The molecule has 0 amide bonds. The Bertz CT molecular complexity index is 518. The minimum atomic E-state index is 0.837. The van der Waals surface area contributed by atoms with Crippen LogP contribution in [-0.2, 0) is 0 Å². The summed E-state index contributed by atoms with van der Waals surface area (Å²) in [5, 5.41) is 11.7. The molecule has 0 spiro atoms. The van der Waals surface area contributed by atoms with Gasteiger partial charge in [-0.1, -0.05) is 19.1 Å². The van der Waals surface area contributed by atoms with Crippen molar-refractivity contribution in [2.24, 2.45) is 0 Å². The topological polar surface area (TPSA) is 37.8 Å². The van der Waals surface area contributed by atoms with E-state index in [-0.39, 0.29) is 0 Å². The molecule has 2 aromatic rings. The molecule has 0 saturated carbocycles. The number of hydrogen-bond acceptors (Lipinski definition) is 3. The number of rotatable bonds is 4. The Balaban J connectivity index is 2.20. The van der Waals surface area contributed by atoms with Crippen LogP contribution in [0.15, 0.2) is 30.3 Å². The van der Waals surface area contributed by atoms with Crippen molar-refractivity contribution in [2.75, 3.05) is 11.9 Å². The van der Waals surface area contributed by atoms with Gasteiger partial charge in [-0.25, -0.2) is 0 Å². The van der Waals surface area contributed by atoms with Crippen LogP contribution >= 0.6 is 0 Å². The fourth-order valence-electron chi connectivity index (χ4n) is 1.73. The molecule has 1 heterocycles. The Hall–Kier alpha value is -1.90. The average molecular weight is 241 g/mol. The van der Waals surface area contributed by atoms with Gasteiger partial charge in [-0.05, 0) is 49.6 Å².